The Bertz CT molecular complexity index is 1680. The second-order valence-electron chi connectivity index (χ2n) is 11.9. The van der Waals surface area contributed by atoms with Crippen LogP contribution in [0, 0.1) is 17.0 Å². The van der Waals surface area contributed by atoms with E-state index in [0.717, 1.165) is 44.6 Å². The van der Waals surface area contributed by atoms with Crippen LogP contribution >= 0.6 is 11.6 Å². The lowest BCUT2D eigenvalue weighted by Gasteiger charge is -2.49. The molecule has 3 aromatic rings. The van der Waals surface area contributed by atoms with Gasteiger partial charge in [0.05, 0.1) is 10.5 Å². The van der Waals surface area contributed by atoms with Crippen LogP contribution < -0.4 is 15.3 Å². The van der Waals surface area contributed by atoms with Crippen molar-refractivity contribution in [2.75, 3.05) is 24.5 Å². The second kappa shape index (κ2) is 9.54. The van der Waals surface area contributed by atoms with Crippen molar-refractivity contribution >= 4 is 34.2 Å². The Labute approximate surface area is 241 Å². The largest absolute Gasteiger partial charge is 0.486 e. The predicted octanol–water partition coefficient (Wildman–Crippen LogP) is 6.01. The zero-order valence-corrected chi connectivity index (χ0v) is 23.6. The average Bonchev–Trinajstić information content (AvgIpc) is 3.48. The van der Waals surface area contributed by atoms with E-state index in [1.54, 1.807) is 15.5 Å². The van der Waals surface area contributed by atoms with Crippen molar-refractivity contribution in [2.45, 2.75) is 64.1 Å². The second-order valence-corrected chi connectivity index (χ2v) is 12.3. The van der Waals surface area contributed by atoms with Gasteiger partial charge in [0, 0.05) is 53.8 Å². The molecule has 1 unspecified atom stereocenters. The van der Waals surface area contributed by atoms with Gasteiger partial charge in [-0.1, -0.05) is 37.1 Å². The summed E-state index contributed by atoms with van der Waals surface area (Å²) >= 11 is 6.88. The third-order valence-corrected chi connectivity index (χ3v) is 10.1. The molecule has 7 nitrogen and oxygen atoms in total. The number of nitrogens with zero attached hydrogens (tertiary/aromatic N) is 4. The maximum Gasteiger partial charge on any atom is 0.350 e. The van der Waals surface area contributed by atoms with Crippen molar-refractivity contribution in [1.29, 1.82) is 0 Å². The van der Waals surface area contributed by atoms with Crippen molar-refractivity contribution in [3.05, 3.63) is 63.6 Å². The number of carbonyl (C=O) groups excluding carboxylic acids is 1. The molecule has 4 aliphatic rings. The Kier molecular flexibility index (Phi) is 6.15. The highest BCUT2D eigenvalue weighted by atomic mass is 35.5. The highest BCUT2D eigenvalue weighted by molar-refractivity contribution is 6.35. The van der Waals surface area contributed by atoms with Gasteiger partial charge in [0.15, 0.2) is 17.4 Å². The maximum atomic E-state index is 15.3. The summed E-state index contributed by atoms with van der Waals surface area (Å²) in [7, 11) is 0. The summed E-state index contributed by atoms with van der Waals surface area (Å²) in [6.07, 6.45) is 7.52. The summed E-state index contributed by atoms with van der Waals surface area (Å²) in [4.78, 5) is 34.7. The number of piperazine rings is 1. The van der Waals surface area contributed by atoms with E-state index in [1.807, 2.05) is 11.8 Å². The summed E-state index contributed by atoms with van der Waals surface area (Å²) in [6.45, 7) is 6.94. The highest BCUT2D eigenvalue weighted by Gasteiger charge is 2.50. The monoisotopic (exact) mass is 580 g/mol. The first kappa shape index (κ1) is 26.4. The first-order valence-electron chi connectivity index (χ1n) is 14.3. The van der Waals surface area contributed by atoms with Gasteiger partial charge in [0.1, 0.15) is 12.4 Å². The highest BCUT2D eigenvalue weighted by Crippen LogP contribution is 2.61. The quantitative estimate of drug-likeness (QED) is 0.355. The van der Waals surface area contributed by atoms with E-state index in [1.165, 1.54) is 12.1 Å². The normalized spacial score (nSPS) is 22.7. The number of benzene rings is 2. The van der Waals surface area contributed by atoms with Crippen molar-refractivity contribution < 1.29 is 18.3 Å². The Morgan fingerprint density at radius 1 is 1.20 bits per heavy atom. The molecule has 3 fully saturated rings. The first-order valence-corrected chi connectivity index (χ1v) is 14.7. The zero-order chi connectivity index (χ0) is 28.6. The lowest BCUT2D eigenvalue weighted by Crippen LogP contribution is -2.54. The average molecular weight is 581 g/mol. The van der Waals surface area contributed by atoms with Crippen molar-refractivity contribution in [3.8, 4) is 16.9 Å². The van der Waals surface area contributed by atoms with Crippen LogP contribution in [0.15, 0.2) is 35.6 Å². The molecular formula is C31H31ClF2N4O3. The van der Waals surface area contributed by atoms with Gasteiger partial charge in [0.2, 0.25) is 5.91 Å². The minimum atomic E-state index is -0.982. The zero-order valence-electron chi connectivity index (χ0n) is 22.9. The molecular weight excluding hydrogens is 550 g/mol. The van der Waals surface area contributed by atoms with Crippen LogP contribution in [0.25, 0.3) is 22.0 Å². The van der Waals surface area contributed by atoms with Crippen LogP contribution in [0.5, 0.6) is 5.75 Å². The van der Waals surface area contributed by atoms with Crippen LogP contribution in [-0.2, 0) is 11.4 Å². The van der Waals surface area contributed by atoms with Crippen LogP contribution in [0.1, 0.15) is 57.1 Å². The molecule has 1 saturated heterocycles. The van der Waals surface area contributed by atoms with Gasteiger partial charge in [0.25, 0.3) is 0 Å². The minimum Gasteiger partial charge on any atom is -0.486 e. The molecule has 2 aromatic carbocycles. The fourth-order valence-corrected chi connectivity index (χ4v) is 7.98. The lowest BCUT2D eigenvalue weighted by molar-refractivity contribution is -0.126. The van der Waals surface area contributed by atoms with Gasteiger partial charge < -0.3 is 14.5 Å². The van der Waals surface area contributed by atoms with Gasteiger partial charge in [-0.3, -0.25) is 9.36 Å². The van der Waals surface area contributed by atoms with Gasteiger partial charge >= 0.3 is 5.69 Å². The van der Waals surface area contributed by atoms with E-state index in [-0.39, 0.29) is 51.9 Å². The number of halogens is 3. The number of hydrogen-bond acceptors (Lipinski definition) is 5. The molecule has 41 heavy (non-hydrogen) atoms. The van der Waals surface area contributed by atoms with Crippen molar-refractivity contribution in [1.82, 2.24) is 14.5 Å². The summed E-state index contributed by atoms with van der Waals surface area (Å²) in [5, 5.41) is 0.826. The summed E-state index contributed by atoms with van der Waals surface area (Å²) in [5.41, 5.74) is 0.996. The number of amides is 1. The molecule has 2 saturated carbocycles. The Morgan fingerprint density at radius 3 is 2.66 bits per heavy atom. The molecule has 0 radical (unpaired) electrons. The number of ether oxygens (including phenoxy) is 1. The summed E-state index contributed by atoms with van der Waals surface area (Å²) in [6, 6.07) is 4.10. The molecule has 2 aliphatic carbocycles. The van der Waals surface area contributed by atoms with E-state index in [4.69, 9.17) is 16.3 Å². The summed E-state index contributed by atoms with van der Waals surface area (Å²) in [5.74, 6) is -1.35. The fraction of sp³-hybridized carbons (Fsp3) is 0.452. The van der Waals surface area contributed by atoms with Gasteiger partial charge in [-0.15, -0.1) is 0 Å². The fourth-order valence-electron chi connectivity index (χ4n) is 7.69. The minimum absolute atomic E-state index is 0.0232. The Morgan fingerprint density at radius 2 is 1.98 bits per heavy atom. The third kappa shape index (κ3) is 3.84. The smallest absolute Gasteiger partial charge is 0.350 e. The number of rotatable bonds is 3. The molecule has 2 atom stereocenters. The topological polar surface area (TPSA) is 67.7 Å². The van der Waals surface area contributed by atoms with Crippen LogP contribution in [0.2, 0.25) is 5.02 Å². The van der Waals surface area contributed by atoms with Crippen molar-refractivity contribution in [3.63, 3.8) is 0 Å². The molecule has 3 heterocycles. The number of carbonyl (C=O) groups is 1. The van der Waals surface area contributed by atoms with Crippen LogP contribution in [0.4, 0.5) is 14.6 Å². The van der Waals surface area contributed by atoms with E-state index in [2.05, 4.69) is 11.6 Å². The van der Waals surface area contributed by atoms with Gasteiger partial charge in [-0.05, 0) is 56.2 Å². The van der Waals surface area contributed by atoms with Gasteiger partial charge in [-0.2, -0.15) is 4.98 Å². The molecule has 1 amide bonds. The first-order chi connectivity index (χ1) is 19.7. The molecule has 1 aromatic heterocycles. The molecule has 0 bridgehead atoms. The molecule has 0 N–H and O–H groups in total. The number of aromatic nitrogens is 2. The number of hydrogen-bond donors (Lipinski definition) is 0. The molecule has 7 rings (SSSR count). The standard InChI is InChI=1S/C31H31ClF2N4O3/c1-3-23(39)36-12-13-37(17(2)15-36)29-19-14-20(32)25-24-18(6-7-21(33)26(24)34)16-41-28(25)27(19)38(30(40)35-29)22-8-11-31(22)9-4-5-10-31/h3,6-7,14,17,22H,1,4-5,8-13,15-16H2,2H3/t17-,22?/m0/s1. The molecule has 214 valence electrons. The van der Waals surface area contributed by atoms with Crippen LogP contribution in [0.3, 0.4) is 0 Å². The summed E-state index contributed by atoms with van der Waals surface area (Å²) < 4.78 is 37.9. The SMILES string of the molecule is C=CC(=O)N1CCN(c2nc(=O)n(C3CCC34CCCC4)c3c4c(c(Cl)cc23)-c2c(ccc(F)c2F)CO4)[C@@H](C)C1. The van der Waals surface area contributed by atoms with Crippen LogP contribution in [-0.4, -0.2) is 46.0 Å². The Balaban J connectivity index is 1.48. The molecule has 1 spiro atoms. The molecule has 10 heteroatoms. The number of fused-ring (bicyclic) bond motifs is 5. The van der Waals surface area contributed by atoms with Crippen molar-refractivity contribution in [2.24, 2.45) is 5.41 Å². The van der Waals surface area contributed by atoms with E-state index in [9.17, 15) is 14.0 Å². The van der Waals surface area contributed by atoms with E-state index in [0.29, 0.717) is 47.7 Å². The number of anilines is 1. The predicted molar refractivity (Wildman–Crippen MR) is 153 cm³/mol. The Hall–Kier alpha value is -3.46. The third-order valence-electron chi connectivity index (χ3n) is 9.82. The maximum absolute atomic E-state index is 15.3. The molecule has 2 aliphatic heterocycles. The van der Waals surface area contributed by atoms with Gasteiger partial charge in [-0.25, -0.2) is 13.6 Å². The van der Waals surface area contributed by atoms with E-state index < -0.39 is 11.6 Å². The lowest BCUT2D eigenvalue weighted by atomic mass is 9.63. The van der Waals surface area contributed by atoms with E-state index >= 15 is 4.39 Å².